The van der Waals surface area contributed by atoms with Gasteiger partial charge in [-0.1, -0.05) is 0 Å². The van der Waals surface area contributed by atoms with Gasteiger partial charge in [-0.2, -0.15) is 0 Å². The first-order chi connectivity index (χ1) is 6.65. The molecule has 78 valence electrons. The van der Waals surface area contributed by atoms with Gasteiger partial charge in [0.25, 0.3) is 5.56 Å². The van der Waals surface area contributed by atoms with Crippen molar-refractivity contribution < 1.29 is 9.84 Å². The van der Waals surface area contributed by atoms with Gasteiger partial charge >= 0.3 is 5.69 Å². The number of nitrogens with one attached hydrogen (secondary N) is 1. The van der Waals surface area contributed by atoms with E-state index in [0.29, 0.717) is 4.60 Å². The van der Waals surface area contributed by atoms with Gasteiger partial charge in [0.05, 0.1) is 17.8 Å². The Balaban J connectivity index is 2.86. The Morgan fingerprint density at radius 3 is 2.86 bits per heavy atom. The number of hydrogen-bond acceptors (Lipinski definition) is 4. The lowest BCUT2D eigenvalue weighted by Gasteiger charge is -2.06. The summed E-state index contributed by atoms with van der Waals surface area (Å²) in [5.41, 5.74) is -1.03. The van der Waals surface area contributed by atoms with Gasteiger partial charge in [-0.05, 0) is 15.9 Å². The van der Waals surface area contributed by atoms with E-state index in [1.54, 1.807) is 0 Å². The molecule has 1 rings (SSSR count). The maximum absolute atomic E-state index is 11.2. The van der Waals surface area contributed by atoms with Crippen LogP contribution in [0.5, 0.6) is 0 Å². The average Bonchev–Trinajstić information content (AvgIpc) is 2.09. The molecule has 7 heteroatoms. The second-order valence-corrected chi connectivity index (χ2v) is 3.26. The predicted octanol–water partition coefficient (Wildman–Crippen LogP) is -0.735. The fourth-order valence-electron chi connectivity index (χ4n) is 0.833. The van der Waals surface area contributed by atoms with Crippen molar-refractivity contribution in [3.05, 3.63) is 31.5 Å². The molecule has 0 radical (unpaired) electrons. The smallest absolute Gasteiger partial charge is 0.331 e. The number of aromatic amines is 1. The van der Waals surface area contributed by atoms with Gasteiger partial charge in [0, 0.05) is 6.07 Å². The Hall–Kier alpha value is -0.920. The summed E-state index contributed by atoms with van der Waals surface area (Å²) in [6, 6.07) is 1.23. The van der Waals surface area contributed by atoms with E-state index in [2.05, 4.69) is 20.9 Å². The van der Waals surface area contributed by atoms with Crippen LogP contribution in [0.3, 0.4) is 0 Å². The van der Waals surface area contributed by atoms with E-state index in [0.717, 1.165) is 0 Å². The minimum atomic E-state index is -0.553. The van der Waals surface area contributed by atoms with E-state index in [4.69, 9.17) is 9.84 Å². The maximum atomic E-state index is 11.2. The molecule has 0 saturated heterocycles. The molecule has 2 N–H and O–H groups in total. The standard InChI is InChI=1S/C7H9BrN2O4/c8-5-3-6(12)9-7(13)10(5)4-14-2-1-11/h3,11H,1-2,4H2,(H,9,12,13). The summed E-state index contributed by atoms with van der Waals surface area (Å²) in [7, 11) is 0. The van der Waals surface area contributed by atoms with Crippen LogP contribution in [0.1, 0.15) is 0 Å². The molecule has 0 bridgehead atoms. The van der Waals surface area contributed by atoms with Gasteiger partial charge in [-0.15, -0.1) is 0 Å². The summed E-state index contributed by atoms with van der Waals surface area (Å²) in [5.74, 6) is 0. The Bertz CT molecular complexity index is 411. The summed E-state index contributed by atoms with van der Waals surface area (Å²) in [6.07, 6.45) is 0. The highest BCUT2D eigenvalue weighted by molar-refractivity contribution is 9.10. The zero-order valence-corrected chi connectivity index (χ0v) is 8.78. The molecule has 1 heterocycles. The van der Waals surface area contributed by atoms with Crippen molar-refractivity contribution in [2.75, 3.05) is 13.2 Å². The van der Waals surface area contributed by atoms with Gasteiger partial charge in [0.15, 0.2) is 0 Å². The summed E-state index contributed by atoms with van der Waals surface area (Å²) in [4.78, 5) is 24.1. The largest absolute Gasteiger partial charge is 0.394 e. The molecular weight excluding hydrogens is 256 g/mol. The SMILES string of the molecule is O=c1cc(Br)n(COCCO)c(=O)[nH]1. The number of nitrogens with zero attached hydrogens (tertiary/aromatic N) is 1. The van der Waals surface area contributed by atoms with Crippen molar-refractivity contribution in [1.82, 2.24) is 9.55 Å². The van der Waals surface area contributed by atoms with Crippen LogP contribution in [0.4, 0.5) is 0 Å². The number of rotatable bonds is 4. The number of hydrogen-bond donors (Lipinski definition) is 2. The molecule has 6 nitrogen and oxygen atoms in total. The topological polar surface area (TPSA) is 84.3 Å². The highest BCUT2D eigenvalue weighted by atomic mass is 79.9. The first-order valence-corrected chi connectivity index (χ1v) is 4.62. The molecule has 0 atom stereocenters. The van der Waals surface area contributed by atoms with Gasteiger partial charge < -0.3 is 9.84 Å². The van der Waals surface area contributed by atoms with Crippen molar-refractivity contribution in [1.29, 1.82) is 0 Å². The molecule has 0 amide bonds. The molecule has 14 heavy (non-hydrogen) atoms. The first kappa shape index (κ1) is 11.2. The third-order valence-electron chi connectivity index (χ3n) is 1.44. The molecule has 0 aliphatic rings. The van der Waals surface area contributed by atoms with Crippen LogP contribution < -0.4 is 11.2 Å². The molecule has 0 saturated carbocycles. The Labute approximate surface area is 87.3 Å². The van der Waals surface area contributed by atoms with Crippen molar-refractivity contribution in [3.63, 3.8) is 0 Å². The predicted molar refractivity (Wildman–Crippen MR) is 52.1 cm³/mol. The molecule has 0 fully saturated rings. The van der Waals surface area contributed by atoms with E-state index in [1.807, 2.05) is 0 Å². The molecule has 0 aliphatic heterocycles. The minimum Gasteiger partial charge on any atom is -0.394 e. The van der Waals surface area contributed by atoms with E-state index in [1.165, 1.54) is 10.6 Å². The second-order valence-electron chi connectivity index (χ2n) is 2.45. The van der Waals surface area contributed by atoms with Crippen LogP contribution >= 0.6 is 15.9 Å². The van der Waals surface area contributed by atoms with Gasteiger partial charge in [0.2, 0.25) is 0 Å². The number of ether oxygens (including phenoxy) is 1. The van der Waals surface area contributed by atoms with Crippen LogP contribution in [0, 0.1) is 0 Å². The molecule has 1 aromatic rings. The lowest BCUT2D eigenvalue weighted by atomic mass is 10.6. The molecule has 1 aromatic heterocycles. The summed E-state index contributed by atoms with van der Waals surface area (Å²) in [6.45, 7) is 0.00445. The molecular formula is C7H9BrN2O4. The van der Waals surface area contributed by atoms with Gasteiger partial charge in [-0.25, -0.2) is 4.79 Å². The van der Waals surface area contributed by atoms with Crippen LogP contribution in [-0.2, 0) is 11.5 Å². The summed E-state index contributed by atoms with van der Waals surface area (Å²) < 4.78 is 6.46. The number of aliphatic hydroxyl groups excluding tert-OH is 1. The highest BCUT2D eigenvalue weighted by Crippen LogP contribution is 2.02. The lowest BCUT2D eigenvalue weighted by molar-refractivity contribution is 0.0445. The highest BCUT2D eigenvalue weighted by Gasteiger charge is 2.02. The number of aliphatic hydroxyl groups is 1. The quantitative estimate of drug-likeness (QED) is 0.555. The summed E-state index contributed by atoms with van der Waals surface area (Å²) in [5, 5.41) is 8.45. The van der Waals surface area contributed by atoms with Crippen molar-refractivity contribution >= 4 is 15.9 Å². The number of aromatic nitrogens is 2. The zero-order chi connectivity index (χ0) is 10.6. The average molecular weight is 265 g/mol. The maximum Gasteiger partial charge on any atom is 0.331 e. The molecule has 0 aliphatic carbocycles. The fourth-order valence-corrected chi connectivity index (χ4v) is 1.30. The van der Waals surface area contributed by atoms with Crippen molar-refractivity contribution in [2.45, 2.75) is 6.73 Å². The third-order valence-corrected chi connectivity index (χ3v) is 2.10. The lowest BCUT2D eigenvalue weighted by Crippen LogP contribution is -2.30. The van der Waals surface area contributed by atoms with Crippen LogP contribution in [0.15, 0.2) is 20.3 Å². The third kappa shape index (κ3) is 2.79. The number of halogens is 1. The Morgan fingerprint density at radius 2 is 2.29 bits per heavy atom. The Kier molecular flexibility index (Phi) is 4.05. The molecule has 0 aromatic carbocycles. The number of H-pyrrole nitrogens is 1. The van der Waals surface area contributed by atoms with E-state index in [-0.39, 0.29) is 19.9 Å². The van der Waals surface area contributed by atoms with E-state index >= 15 is 0 Å². The van der Waals surface area contributed by atoms with Crippen molar-refractivity contribution in [3.8, 4) is 0 Å². The zero-order valence-electron chi connectivity index (χ0n) is 7.20. The fraction of sp³-hybridized carbons (Fsp3) is 0.429. The molecule has 0 unspecified atom stereocenters. The second kappa shape index (κ2) is 5.08. The Morgan fingerprint density at radius 1 is 1.57 bits per heavy atom. The first-order valence-electron chi connectivity index (χ1n) is 3.83. The van der Waals surface area contributed by atoms with Crippen molar-refractivity contribution in [2.24, 2.45) is 0 Å². The minimum absolute atomic E-state index is 0.0171. The monoisotopic (exact) mass is 264 g/mol. The normalized spacial score (nSPS) is 10.4. The van der Waals surface area contributed by atoms with Crippen LogP contribution in [-0.4, -0.2) is 27.9 Å². The van der Waals surface area contributed by atoms with Crippen LogP contribution in [0.25, 0.3) is 0 Å². The van der Waals surface area contributed by atoms with Gasteiger partial charge in [-0.3, -0.25) is 14.3 Å². The van der Waals surface area contributed by atoms with Crippen LogP contribution in [0.2, 0.25) is 0 Å². The summed E-state index contributed by atoms with van der Waals surface area (Å²) >= 11 is 3.05. The molecule has 0 spiro atoms. The van der Waals surface area contributed by atoms with Gasteiger partial charge in [0.1, 0.15) is 6.73 Å². The van der Waals surface area contributed by atoms with E-state index < -0.39 is 11.2 Å². The van der Waals surface area contributed by atoms with E-state index in [9.17, 15) is 9.59 Å².